The zero-order valence-electron chi connectivity index (χ0n) is 9.98. The van der Waals surface area contributed by atoms with E-state index in [0.29, 0.717) is 31.6 Å². The third-order valence-corrected chi connectivity index (χ3v) is 1.92. The van der Waals surface area contributed by atoms with Gasteiger partial charge >= 0.3 is 0 Å². The zero-order valence-corrected chi connectivity index (χ0v) is 9.98. The van der Waals surface area contributed by atoms with Gasteiger partial charge in [-0.2, -0.15) is 0 Å². The molecule has 4 nitrogen and oxygen atoms in total. The summed E-state index contributed by atoms with van der Waals surface area (Å²) in [6.07, 6.45) is 0. The molecule has 0 spiro atoms. The van der Waals surface area contributed by atoms with Gasteiger partial charge in [0.15, 0.2) is 0 Å². The van der Waals surface area contributed by atoms with Crippen molar-refractivity contribution < 1.29 is 9.47 Å². The van der Waals surface area contributed by atoms with E-state index in [0.717, 1.165) is 12.3 Å². The summed E-state index contributed by atoms with van der Waals surface area (Å²) in [5.74, 6) is 1.16. The van der Waals surface area contributed by atoms with Crippen molar-refractivity contribution in [2.24, 2.45) is 11.7 Å². The molecule has 0 radical (unpaired) electrons. The van der Waals surface area contributed by atoms with Crippen LogP contribution in [0.5, 0.6) is 5.88 Å². The summed E-state index contributed by atoms with van der Waals surface area (Å²) in [5.41, 5.74) is 6.32. The van der Waals surface area contributed by atoms with E-state index in [1.807, 2.05) is 18.2 Å². The maximum absolute atomic E-state index is 5.49. The molecule has 0 aliphatic carbocycles. The van der Waals surface area contributed by atoms with Crippen molar-refractivity contribution in [3.63, 3.8) is 0 Å². The van der Waals surface area contributed by atoms with Crippen molar-refractivity contribution >= 4 is 0 Å². The molecule has 0 amide bonds. The van der Waals surface area contributed by atoms with Gasteiger partial charge in [-0.05, 0) is 12.0 Å². The molecule has 0 atom stereocenters. The first-order valence-electron chi connectivity index (χ1n) is 5.59. The van der Waals surface area contributed by atoms with Crippen molar-refractivity contribution in [2.45, 2.75) is 20.4 Å². The lowest BCUT2D eigenvalue weighted by molar-refractivity contribution is 0.0806. The molecule has 0 saturated carbocycles. The van der Waals surface area contributed by atoms with E-state index in [2.05, 4.69) is 18.8 Å². The SMILES string of the molecule is CC(C)COCCOc1cccc(CN)n1. The summed E-state index contributed by atoms with van der Waals surface area (Å²) in [5, 5.41) is 0. The molecule has 1 rings (SSSR count). The van der Waals surface area contributed by atoms with Crippen LogP contribution in [0.2, 0.25) is 0 Å². The van der Waals surface area contributed by atoms with E-state index < -0.39 is 0 Å². The van der Waals surface area contributed by atoms with Crippen LogP contribution >= 0.6 is 0 Å². The monoisotopic (exact) mass is 224 g/mol. The molecule has 0 unspecified atom stereocenters. The number of rotatable bonds is 7. The van der Waals surface area contributed by atoms with Gasteiger partial charge < -0.3 is 15.2 Å². The second kappa shape index (κ2) is 7.19. The Morgan fingerprint density at radius 1 is 1.31 bits per heavy atom. The van der Waals surface area contributed by atoms with Crippen LogP contribution in [0, 0.1) is 5.92 Å². The fourth-order valence-electron chi connectivity index (χ4n) is 1.18. The van der Waals surface area contributed by atoms with Crippen molar-refractivity contribution in [3.05, 3.63) is 23.9 Å². The average molecular weight is 224 g/mol. The predicted molar refractivity (Wildman–Crippen MR) is 63.3 cm³/mol. The number of nitrogens with zero attached hydrogens (tertiary/aromatic N) is 1. The minimum absolute atomic E-state index is 0.432. The Balaban J connectivity index is 2.21. The fraction of sp³-hybridized carbons (Fsp3) is 0.583. The van der Waals surface area contributed by atoms with E-state index >= 15 is 0 Å². The summed E-state index contributed by atoms with van der Waals surface area (Å²) in [7, 11) is 0. The molecule has 4 heteroatoms. The molecule has 1 heterocycles. The molecule has 90 valence electrons. The fourth-order valence-corrected chi connectivity index (χ4v) is 1.18. The Morgan fingerprint density at radius 3 is 2.81 bits per heavy atom. The normalized spacial score (nSPS) is 10.8. The second-order valence-electron chi connectivity index (χ2n) is 3.99. The van der Waals surface area contributed by atoms with E-state index in [1.165, 1.54) is 0 Å². The molecule has 0 bridgehead atoms. The average Bonchev–Trinajstić information content (AvgIpc) is 2.28. The number of hydrogen-bond donors (Lipinski definition) is 1. The van der Waals surface area contributed by atoms with Crippen LogP contribution in [-0.2, 0) is 11.3 Å². The summed E-state index contributed by atoms with van der Waals surface area (Å²) in [6, 6.07) is 5.59. The summed E-state index contributed by atoms with van der Waals surface area (Å²) in [4.78, 5) is 4.22. The smallest absolute Gasteiger partial charge is 0.213 e. The highest BCUT2D eigenvalue weighted by Crippen LogP contribution is 2.06. The zero-order chi connectivity index (χ0) is 11.8. The molecule has 1 aromatic rings. The molecule has 16 heavy (non-hydrogen) atoms. The van der Waals surface area contributed by atoms with Crippen LogP contribution in [0.3, 0.4) is 0 Å². The van der Waals surface area contributed by atoms with Gasteiger partial charge in [0, 0.05) is 19.2 Å². The van der Waals surface area contributed by atoms with E-state index in [4.69, 9.17) is 15.2 Å². The van der Waals surface area contributed by atoms with Crippen molar-refractivity contribution in [3.8, 4) is 5.88 Å². The Morgan fingerprint density at radius 2 is 2.12 bits per heavy atom. The lowest BCUT2D eigenvalue weighted by Gasteiger charge is -2.08. The molecule has 2 N–H and O–H groups in total. The van der Waals surface area contributed by atoms with Crippen LogP contribution in [0.15, 0.2) is 18.2 Å². The maximum atomic E-state index is 5.49. The van der Waals surface area contributed by atoms with Gasteiger partial charge in [-0.1, -0.05) is 19.9 Å². The molecule has 0 fully saturated rings. The Kier molecular flexibility index (Phi) is 5.82. The van der Waals surface area contributed by atoms with E-state index in [-0.39, 0.29) is 0 Å². The first-order valence-corrected chi connectivity index (χ1v) is 5.59. The van der Waals surface area contributed by atoms with E-state index in [1.54, 1.807) is 0 Å². The second-order valence-corrected chi connectivity index (χ2v) is 3.99. The van der Waals surface area contributed by atoms with Crippen LogP contribution in [0.4, 0.5) is 0 Å². The Hall–Kier alpha value is -1.13. The molecule has 1 aromatic heterocycles. The van der Waals surface area contributed by atoms with Gasteiger partial charge in [-0.3, -0.25) is 0 Å². The predicted octanol–water partition coefficient (Wildman–Crippen LogP) is 1.59. The van der Waals surface area contributed by atoms with Gasteiger partial charge in [-0.25, -0.2) is 4.98 Å². The van der Waals surface area contributed by atoms with Crippen molar-refractivity contribution in [1.82, 2.24) is 4.98 Å². The molecule has 0 aromatic carbocycles. The molecule has 0 aliphatic rings. The third-order valence-electron chi connectivity index (χ3n) is 1.92. The molecular weight excluding hydrogens is 204 g/mol. The third kappa shape index (κ3) is 5.09. The van der Waals surface area contributed by atoms with Crippen LogP contribution in [0.1, 0.15) is 19.5 Å². The van der Waals surface area contributed by atoms with Crippen molar-refractivity contribution in [1.29, 1.82) is 0 Å². The number of nitrogens with two attached hydrogens (primary N) is 1. The summed E-state index contributed by atoms with van der Waals surface area (Å²) < 4.78 is 10.8. The van der Waals surface area contributed by atoms with Crippen LogP contribution < -0.4 is 10.5 Å². The first-order chi connectivity index (χ1) is 7.72. The lowest BCUT2D eigenvalue weighted by atomic mass is 10.2. The maximum Gasteiger partial charge on any atom is 0.213 e. The van der Waals surface area contributed by atoms with Gasteiger partial charge in [0.05, 0.1) is 12.3 Å². The Labute approximate surface area is 96.8 Å². The van der Waals surface area contributed by atoms with Crippen LogP contribution in [0.25, 0.3) is 0 Å². The highest BCUT2D eigenvalue weighted by atomic mass is 16.5. The van der Waals surface area contributed by atoms with Gasteiger partial charge in [0.1, 0.15) is 6.61 Å². The minimum Gasteiger partial charge on any atom is -0.475 e. The first kappa shape index (κ1) is 12.9. The number of hydrogen-bond acceptors (Lipinski definition) is 4. The summed E-state index contributed by atoms with van der Waals surface area (Å²) >= 11 is 0. The summed E-state index contributed by atoms with van der Waals surface area (Å²) in [6.45, 7) is 6.54. The van der Waals surface area contributed by atoms with Crippen LogP contribution in [-0.4, -0.2) is 24.8 Å². The number of pyridine rings is 1. The standard InChI is InChI=1S/C12H20N2O2/c1-10(2)9-15-6-7-16-12-5-3-4-11(8-13)14-12/h3-5,10H,6-9,13H2,1-2H3. The largest absolute Gasteiger partial charge is 0.475 e. The molecular formula is C12H20N2O2. The quantitative estimate of drug-likeness (QED) is 0.715. The Bertz CT molecular complexity index is 303. The van der Waals surface area contributed by atoms with Gasteiger partial charge in [0.25, 0.3) is 0 Å². The minimum atomic E-state index is 0.432. The highest BCUT2D eigenvalue weighted by Gasteiger charge is 1.98. The number of ether oxygens (including phenoxy) is 2. The lowest BCUT2D eigenvalue weighted by Crippen LogP contribution is -2.11. The number of aromatic nitrogens is 1. The van der Waals surface area contributed by atoms with Gasteiger partial charge in [-0.15, -0.1) is 0 Å². The molecule has 0 saturated heterocycles. The molecule has 0 aliphatic heterocycles. The van der Waals surface area contributed by atoms with Gasteiger partial charge in [0.2, 0.25) is 5.88 Å². The van der Waals surface area contributed by atoms with Crippen molar-refractivity contribution in [2.75, 3.05) is 19.8 Å². The highest BCUT2D eigenvalue weighted by molar-refractivity contribution is 5.15. The topological polar surface area (TPSA) is 57.4 Å². The van der Waals surface area contributed by atoms with E-state index in [9.17, 15) is 0 Å².